The van der Waals surface area contributed by atoms with E-state index in [0.29, 0.717) is 24.2 Å². The Morgan fingerprint density at radius 1 is 1.12 bits per heavy atom. The minimum absolute atomic E-state index is 0.0942. The van der Waals surface area contributed by atoms with Gasteiger partial charge in [-0.1, -0.05) is 36.4 Å². The van der Waals surface area contributed by atoms with Gasteiger partial charge in [0.2, 0.25) is 5.91 Å². The summed E-state index contributed by atoms with van der Waals surface area (Å²) in [5.74, 6) is 0.639. The Morgan fingerprint density at radius 3 is 2.62 bits per heavy atom. The number of anilines is 1. The molecule has 0 saturated heterocycles. The lowest BCUT2D eigenvalue weighted by Crippen LogP contribution is -2.19. The van der Waals surface area contributed by atoms with Crippen LogP contribution in [0.5, 0.6) is 5.75 Å². The fraction of sp³-hybridized carbons (Fsp3) is 0.182. The predicted molar refractivity (Wildman–Crippen MR) is 124 cm³/mol. The Bertz CT molecular complexity index is 1360. The van der Waals surface area contributed by atoms with Crippen LogP contribution >= 0.6 is 11.3 Å². The minimum Gasteiger partial charge on any atom is -0.496 e. The lowest BCUT2D eigenvalue weighted by atomic mass is 10.1. The van der Waals surface area contributed by atoms with Crippen LogP contribution in [0.4, 0.5) is 5.82 Å². The van der Waals surface area contributed by atoms with Crippen molar-refractivity contribution in [2.75, 3.05) is 11.8 Å². The topological polar surface area (TPSA) is 102 Å². The molecule has 32 heavy (non-hydrogen) atoms. The molecule has 0 aliphatic carbocycles. The number of nitrogens with one attached hydrogen (secondary N) is 2. The highest BCUT2D eigenvalue weighted by Gasteiger charge is 2.22. The second kappa shape index (κ2) is 9.01. The molecule has 10 heteroatoms. The summed E-state index contributed by atoms with van der Waals surface area (Å²) in [5, 5.41) is 9.66. The molecule has 0 saturated carbocycles. The standard InChI is InChI=1S/C22H22N4O4S2/c1-15(27)23-13-16-6-3-7-17(12-16)14-26-18-8-4-9-19(30-2)21(18)22(24-26)25-32(28,29)20-10-5-11-31-20/h3-12H,13-14H2,1-2H3,(H,23,27)(H,24,25). The van der Waals surface area contributed by atoms with Crippen molar-refractivity contribution in [2.24, 2.45) is 0 Å². The van der Waals surface area contributed by atoms with Crippen LogP contribution in [0.1, 0.15) is 18.1 Å². The Kier molecular flexibility index (Phi) is 6.15. The molecule has 166 valence electrons. The number of hydrogen-bond donors (Lipinski definition) is 2. The lowest BCUT2D eigenvalue weighted by molar-refractivity contribution is -0.119. The summed E-state index contributed by atoms with van der Waals surface area (Å²) >= 11 is 1.14. The van der Waals surface area contributed by atoms with Gasteiger partial charge in [-0.25, -0.2) is 8.42 Å². The van der Waals surface area contributed by atoms with Crippen LogP contribution in [0.3, 0.4) is 0 Å². The van der Waals surface area contributed by atoms with E-state index in [9.17, 15) is 13.2 Å². The molecule has 2 N–H and O–H groups in total. The molecule has 0 fully saturated rings. The number of rotatable bonds is 8. The third-order valence-electron chi connectivity index (χ3n) is 4.82. The van der Waals surface area contributed by atoms with Crippen molar-refractivity contribution in [3.63, 3.8) is 0 Å². The molecule has 2 aromatic heterocycles. The molecule has 0 radical (unpaired) electrons. The predicted octanol–water partition coefficient (Wildman–Crippen LogP) is 3.59. The van der Waals surface area contributed by atoms with Gasteiger partial charge in [0.25, 0.3) is 10.0 Å². The first-order valence-electron chi connectivity index (χ1n) is 9.79. The molecular formula is C22H22N4O4S2. The number of thiophene rings is 1. The van der Waals surface area contributed by atoms with E-state index in [0.717, 1.165) is 28.0 Å². The summed E-state index contributed by atoms with van der Waals surface area (Å²) in [4.78, 5) is 11.2. The van der Waals surface area contributed by atoms with Gasteiger partial charge in [-0.2, -0.15) is 5.10 Å². The number of sulfonamides is 1. The van der Waals surface area contributed by atoms with Crippen LogP contribution in [0.25, 0.3) is 10.9 Å². The second-order valence-electron chi connectivity index (χ2n) is 7.13. The maximum Gasteiger partial charge on any atom is 0.272 e. The van der Waals surface area contributed by atoms with Gasteiger partial charge in [0.05, 0.1) is 24.6 Å². The van der Waals surface area contributed by atoms with E-state index >= 15 is 0 Å². The van der Waals surface area contributed by atoms with Gasteiger partial charge in [-0.05, 0) is 34.7 Å². The Balaban J connectivity index is 1.72. The van der Waals surface area contributed by atoms with Crippen molar-refractivity contribution in [1.82, 2.24) is 15.1 Å². The molecule has 0 aliphatic rings. The molecule has 4 rings (SSSR count). The average molecular weight is 471 g/mol. The summed E-state index contributed by atoms with van der Waals surface area (Å²) in [6.45, 7) is 2.33. The summed E-state index contributed by atoms with van der Waals surface area (Å²) in [6, 6.07) is 16.5. The zero-order chi connectivity index (χ0) is 22.7. The van der Waals surface area contributed by atoms with Crippen molar-refractivity contribution in [3.05, 3.63) is 71.1 Å². The first-order chi connectivity index (χ1) is 15.4. The summed E-state index contributed by atoms with van der Waals surface area (Å²) in [5.41, 5.74) is 2.67. The maximum absolute atomic E-state index is 12.8. The summed E-state index contributed by atoms with van der Waals surface area (Å²) in [7, 11) is -2.23. The molecule has 0 spiro atoms. The lowest BCUT2D eigenvalue weighted by Gasteiger charge is -2.08. The number of ether oxygens (including phenoxy) is 1. The Hall–Kier alpha value is -3.37. The van der Waals surface area contributed by atoms with E-state index in [1.54, 1.807) is 28.3 Å². The average Bonchev–Trinajstić information content (AvgIpc) is 3.42. The van der Waals surface area contributed by atoms with E-state index in [4.69, 9.17) is 4.74 Å². The molecule has 2 heterocycles. The number of methoxy groups -OCH3 is 1. The number of aromatic nitrogens is 2. The quantitative estimate of drug-likeness (QED) is 0.410. The minimum atomic E-state index is -3.77. The fourth-order valence-electron chi connectivity index (χ4n) is 3.39. The summed E-state index contributed by atoms with van der Waals surface area (Å²) < 4.78 is 35.7. The fourth-order valence-corrected chi connectivity index (χ4v) is 5.39. The zero-order valence-corrected chi connectivity index (χ0v) is 19.2. The summed E-state index contributed by atoms with van der Waals surface area (Å²) in [6.07, 6.45) is 0. The second-order valence-corrected chi connectivity index (χ2v) is 9.98. The van der Waals surface area contributed by atoms with E-state index < -0.39 is 10.0 Å². The molecule has 2 aromatic carbocycles. The van der Waals surface area contributed by atoms with Gasteiger partial charge < -0.3 is 10.1 Å². The first-order valence-corrected chi connectivity index (χ1v) is 12.2. The zero-order valence-electron chi connectivity index (χ0n) is 17.5. The molecule has 4 aromatic rings. The highest BCUT2D eigenvalue weighted by atomic mass is 32.2. The van der Waals surface area contributed by atoms with Gasteiger partial charge in [0.1, 0.15) is 9.96 Å². The number of carbonyl (C=O) groups is 1. The van der Waals surface area contributed by atoms with Crippen LogP contribution in [0, 0.1) is 0 Å². The van der Waals surface area contributed by atoms with Gasteiger partial charge in [0.15, 0.2) is 5.82 Å². The Labute approximate surface area is 189 Å². The van der Waals surface area contributed by atoms with Crippen molar-refractivity contribution < 1.29 is 17.9 Å². The third kappa shape index (κ3) is 4.61. The van der Waals surface area contributed by atoms with Crippen molar-refractivity contribution in [3.8, 4) is 5.75 Å². The van der Waals surface area contributed by atoms with E-state index in [2.05, 4.69) is 15.1 Å². The van der Waals surface area contributed by atoms with Gasteiger partial charge in [-0.3, -0.25) is 14.2 Å². The van der Waals surface area contributed by atoms with Gasteiger partial charge in [-0.15, -0.1) is 11.3 Å². The molecule has 0 bridgehead atoms. The number of hydrogen-bond acceptors (Lipinski definition) is 6. The molecule has 8 nitrogen and oxygen atoms in total. The maximum atomic E-state index is 12.8. The molecule has 0 atom stereocenters. The van der Waals surface area contributed by atoms with Crippen molar-refractivity contribution >= 4 is 44.0 Å². The van der Waals surface area contributed by atoms with Crippen LogP contribution < -0.4 is 14.8 Å². The molecule has 1 amide bonds. The number of amides is 1. The number of fused-ring (bicyclic) bond motifs is 1. The van der Waals surface area contributed by atoms with Crippen LogP contribution in [0.2, 0.25) is 0 Å². The first kappa shape index (κ1) is 21.8. The van der Waals surface area contributed by atoms with Crippen LogP contribution in [-0.4, -0.2) is 31.2 Å². The van der Waals surface area contributed by atoms with E-state index in [-0.39, 0.29) is 15.9 Å². The van der Waals surface area contributed by atoms with Crippen LogP contribution in [0.15, 0.2) is 64.2 Å². The smallest absolute Gasteiger partial charge is 0.272 e. The van der Waals surface area contributed by atoms with E-state index in [1.165, 1.54) is 14.0 Å². The molecule has 0 unspecified atom stereocenters. The highest BCUT2D eigenvalue weighted by Crippen LogP contribution is 2.34. The molecule has 0 aliphatic heterocycles. The van der Waals surface area contributed by atoms with E-state index in [1.807, 2.05) is 36.4 Å². The third-order valence-corrected chi connectivity index (χ3v) is 7.55. The van der Waals surface area contributed by atoms with Gasteiger partial charge in [0, 0.05) is 13.5 Å². The number of carbonyl (C=O) groups excluding carboxylic acids is 1. The van der Waals surface area contributed by atoms with Gasteiger partial charge >= 0.3 is 0 Å². The number of benzene rings is 2. The number of nitrogens with zero attached hydrogens (tertiary/aromatic N) is 2. The normalized spacial score (nSPS) is 11.4. The van der Waals surface area contributed by atoms with Crippen LogP contribution in [-0.2, 0) is 27.9 Å². The van der Waals surface area contributed by atoms with Crippen molar-refractivity contribution in [2.45, 2.75) is 24.2 Å². The van der Waals surface area contributed by atoms with Crippen molar-refractivity contribution in [1.29, 1.82) is 0 Å². The molecular weight excluding hydrogens is 448 g/mol. The highest BCUT2D eigenvalue weighted by molar-refractivity contribution is 7.94. The Morgan fingerprint density at radius 2 is 1.91 bits per heavy atom. The SMILES string of the molecule is COc1cccc2c1c(NS(=O)(=O)c1cccs1)nn2Cc1cccc(CNC(C)=O)c1. The monoisotopic (exact) mass is 470 g/mol. The largest absolute Gasteiger partial charge is 0.496 e.